The molecule has 6 heteroatoms. The van der Waals surface area contributed by atoms with E-state index in [-0.39, 0.29) is 17.0 Å². The van der Waals surface area contributed by atoms with Crippen molar-refractivity contribution in [1.82, 2.24) is 0 Å². The van der Waals surface area contributed by atoms with E-state index in [0.29, 0.717) is 5.75 Å². The molecular formula is C21H19FO4S. The quantitative estimate of drug-likeness (QED) is 0.649. The van der Waals surface area contributed by atoms with Gasteiger partial charge in [0.05, 0.1) is 4.88 Å². The van der Waals surface area contributed by atoms with Crippen molar-refractivity contribution >= 4 is 27.4 Å². The summed E-state index contributed by atoms with van der Waals surface area (Å²) in [5, 5.41) is 19.9. The Labute approximate surface area is 159 Å². The molecule has 1 fully saturated rings. The molecule has 2 aromatic carbocycles. The van der Waals surface area contributed by atoms with Gasteiger partial charge in [-0.2, -0.15) is 0 Å². The standard InChI is InChI=1S/C21H19FO4S/c1-11-9-13(22)3-6-16(11)21(7-8-21)19-18(26-12(2)20(24)25)15-5-4-14(23)10-17(15)27-19/h3-6,9-10,12,23H,7-8H2,1-2H3,(H,24,25). The van der Waals surface area contributed by atoms with E-state index in [4.69, 9.17) is 4.74 Å². The summed E-state index contributed by atoms with van der Waals surface area (Å²) >= 11 is 1.50. The third kappa shape index (κ3) is 2.94. The van der Waals surface area contributed by atoms with E-state index in [1.807, 2.05) is 13.0 Å². The number of thiophene rings is 1. The van der Waals surface area contributed by atoms with Crippen molar-refractivity contribution in [1.29, 1.82) is 0 Å². The second-order valence-corrected chi connectivity index (χ2v) is 8.13. The number of carboxylic acids is 1. The van der Waals surface area contributed by atoms with Crippen molar-refractivity contribution in [2.75, 3.05) is 0 Å². The maximum absolute atomic E-state index is 13.6. The van der Waals surface area contributed by atoms with Crippen LogP contribution in [0.4, 0.5) is 4.39 Å². The summed E-state index contributed by atoms with van der Waals surface area (Å²) in [6.45, 7) is 3.39. The number of ether oxygens (including phenoxy) is 1. The van der Waals surface area contributed by atoms with E-state index < -0.39 is 12.1 Å². The summed E-state index contributed by atoms with van der Waals surface area (Å²) in [7, 11) is 0. The lowest BCUT2D eigenvalue weighted by Crippen LogP contribution is -2.24. The van der Waals surface area contributed by atoms with Crippen LogP contribution < -0.4 is 4.74 Å². The Bertz CT molecular complexity index is 1050. The molecule has 0 aliphatic heterocycles. The molecule has 4 nitrogen and oxygen atoms in total. The average molecular weight is 386 g/mol. The molecule has 1 aliphatic carbocycles. The number of rotatable bonds is 5. The molecule has 0 saturated heterocycles. The van der Waals surface area contributed by atoms with E-state index in [1.165, 1.54) is 30.4 Å². The number of phenolic OH excluding ortho intramolecular Hbond substituents is 1. The van der Waals surface area contributed by atoms with Gasteiger partial charge in [-0.05, 0) is 68.1 Å². The Balaban J connectivity index is 1.91. The second-order valence-electron chi connectivity index (χ2n) is 7.08. The van der Waals surface area contributed by atoms with Gasteiger partial charge in [-0.25, -0.2) is 9.18 Å². The number of hydrogen-bond acceptors (Lipinski definition) is 4. The molecule has 1 atom stereocenters. The molecule has 1 aromatic heterocycles. The predicted molar refractivity (Wildman–Crippen MR) is 102 cm³/mol. The van der Waals surface area contributed by atoms with Crippen molar-refractivity contribution in [3.8, 4) is 11.5 Å². The van der Waals surface area contributed by atoms with Crippen molar-refractivity contribution in [3.63, 3.8) is 0 Å². The molecule has 2 N–H and O–H groups in total. The SMILES string of the molecule is Cc1cc(F)ccc1C1(c2sc3cc(O)ccc3c2OC(C)C(=O)O)CC1. The maximum Gasteiger partial charge on any atom is 0.344 e. The highest BCUT2D eigenvalue weighted by Crippen LogP contribution is 2.61. The number of carbonyl (C=O) groups is 1. The average Bonchev–Trinajstić information content (AvgIpc) is 3.32. The number of carboxylic acid groups (broad SMARTS) is 1. The smallest absolute Gasteiger partial charge is 0.344 e. The lowest BCUT2D eigenvalue weighted by atomic mass is 9.89. The number of aromatic hydroxyl groups is 1. The summed E-state index contributed by atoms with van der Waals surface area (Å²) in [4.78, 5) is 12.3. The molecule has 27 heavy (non-hydrogen) atoms. The van der Waals surface area contributed by atoms with Crippen LogP contribution in [-0.2, 0) is 10.2 Å². The monoisotopic (exact) mass is 386 g/mol. The lowest BCUT2D eigenvalue weighted by molar-refractivity contribution is -0.144. The molecule has 0 bridgehead atoms. The van der Waals surface area contributed by atoms with Crippen molar-refractivity contribution in [2.24, 2.45) is 0 Å². The molecule has 4 rings (SSSR count). The number of phenols is 1. The summed E-state index contributed by atoms with van der Waals surface area (Å²) < 4.78 is 20.3. The van der Waals surface area contributed by atoms with E-state index in [0.717, 1.165) is 38.9 Å². The predicted octanol–water partition coefficient (Wildman–Crippen LogP) is 4.99. The van der Waals surface area contributed by atoms with Gasteiger partial charge in [0.2, 0.25) is 0 Å². The van der Waals surface area contributed by atoms with E-state index in [1.54, 1.807) is 18.2 Å². The third-order valence-electron chi connectivity index (χ3n) is 5.16. The van der Waals surface area contributed by atoms with Gasteiger partial charge in [0.1, 0.15) is 17.3 Å². The van der Waals surface area contributed by atoms with Crippen LogP contribution in [0.2, 0.25) is 0 Å². The molecule has 1 aliphatic rings. The van der Waals surface area contributed by atoms with Crippen LogP contribution in [0.5, 0.6) is 11.5 Å². The van der Waals surface area contributed by atoms with E-state index >= 15 is 0 Å². The first-order valence-corrected chi connectivity index (χ1v) is 9.55. The first kappa shape index (κ1) is 17.8. The van der Waals surface area contributed by atoms with Crippen LogP contribution in [0.1, 0.15) is 35.8 Å². The normalized spacial score (nSPS) is 16.3. The molecule has 0 amide bonds. The lowest BCUT2D eigenvalue weighted by Gasteiger charge is -2.20. The van der Waals surface area contributed by atoms with Gasteiger partial charge in [-0.15, -0.1) is 11.3 Å². The van der Waals surface area contributed by atoms with Crippen LogP contribution in [0.3, 0.4) is 0 Å². The molecule has 1 saturated carbocycles. The largest absolute Gasteiger partial charge is 0.508 e. The molecule has 1 heterocycles. The van der Waals surface area contributed by atoms with E-state index in [2.05, 4.69) is 0 Å². The Kier molecular flexibility index (Phi) is 4.11. The summed E-state index contributed by atoms with van der Waals surface area (Å²) in [5.41, 5.74) is 1.60. The fourth-order valence-corrected chi connectivity index (χ4v) is 5.06. The van der Waals surface area contributed by atoms with Gasteiger partial charge >= 0.3 is 5.97 Å². The molecule has 1 unspecified atom stereocenters. The Morgan fingerprint density at radius 1 is 1.26 bits per heavy atom. The number of benzene rings is 2. The topological polar surface area (TPSA) is 66.8 Å². The first-order chi connectivity index (χ1) is 12.8. The zero-order valence-electron chi connectivity index (χ0n) is 15.0. The fourth-order valence-electron chi connectivity index (χ4n) is 3.63. The van der Waals surface area contributed by atoms with Crippen molar-refractivity contribution in [3.05, 3.63) is 58.2 Å². The minimum absolute atomic E-state index is 0.149. The second kappa shape index (κ2) is 6.23. The Morgan fingerprint density at radius 3 is 2.63 bits per heavy atom. The third-order valence-corrected chi connectivity index (χ3v) is 6.50. The molecular weight excluding hydrogens is 367 g/mol. The van der Waals surface area contributed by atoms with Gasteiger partial charge in [0.25, 0.3) is 0 Å². The van der Waals surface area contributed by atoms with Crippen LogP contribution in [-0.4, -0.2) is 22.3 Å². The Hall–Kier alpha value is -2.60. The van der Waals surface area contributed by atoms with E-state index in [9.17, 15) is 19.4 Å². The molecule has 0 radical (unpaired) electrons. The number of halogens is 1. The van der Waals surface area contributed by atoms with Crippen molar-refractivity contribution in [2.45, 2.75) is 38.2 Å². The summed E-state index contributed by atoms with van der Waals surface area (Å²) in [5.74, 6) is -0.617. The fraction of sp³-hybridized carbons (Fsp3) is 0.286. The van der Waals surface area contributed by atoms with Crippen LogP contribution in [0, 0.1) is 12.7 Å². The zero-order chi connectivity index (χ0) is 19.3. The Morgan fingerprint density at radius 2 is 2.00 bits per heavy atom. The summed E-state index contributed by atoms with van der Waals surface area (Å²) in [6.07, 6.45) is 0.770. The summed E-state index contributed by atoms with van der Waals surface area (Å²) in [6, 6.07) is 9.78. The highest BCUT2D eigenvalue weighted by molar-refractivity contribution is 7.19. The molecule has 0 spiro atoms. The minimum Gasteiger partial charge on any atom is -0.508 e. The molecule has 3 aromatic rings. The molecule has 140 valence electrons. The number of aryl methyl sites for hydroxylation is 1. The highest BCUT2D eigenvalue weighted by Gasteiger charge is 2.50. The van der Waals surface area contributed by atoms with Crippen molar-refractivity contribution < 1.29 is 24.1 Å². The van der Waals surface area contributed by atoms with Gasteiger partial charge in [0.15, 0.2) is 6.10 Å². The highest BCUT2D eigenvalue weighted by atomic mass is 32.1. The van der Waals surface area contributed by atoms with Gasteiger partial charge in [-0.3, -0.25) is 0 Å². The van der Waals surface area contributed by atoms with Gasteiger partial charge < -0.3 is 14.9 Å². The van der Waals surface area contributed by atoms with Gasteiger partial charge in [0, 0.05) is 15.5 Å². The number of hydrogen-bond donors (Lipinski definition) is 2. The zero-order valence-corrected chi connectivity index (χ0v) is 15.8. The van der Waals surface area contributed by atoms with Crippen LogP contribution in [0.25, 0.3) is 10.1 Å². The van der Waals surface area contributed by atoms with Gasteiger partial charge in [-0.1, -0.05) is 6.07 Å². The van der Waals surface area contributed by atoms with Crippen LogP contribution in [0.15, 0.2) is 36.4 Å². The number of aliphatic carboxylic acids is 1. The first-order valence-electron chi connectivity index (χ1n) is 8.74. The van der Waals surface area contributed by atoms with Crippen LogP contribution >= 0.6 is 11.3 Å². The number of fused-ring (bicyclic) bond motifs is 1. The maximum atomic E-state index is 13.6. The minimum atomic E-state index is -1.04.